The largest absolute Gasteiger partial charge is 0.461 e. The molecule has 2 aromatic rings. The van der Waals surface area contributed by atoms with E-state index in [1.807, 2.05) is 43.3 Å². The van der Waals surface area contributed by atoms with Gasteiger partial charge in [0, 0.05) is 10.5 Å². The van der Waals surface area contributed by atoms with Crippen LogP contribution in [0.3, 0.4) is 0 Å². The van der Waals surface area contributed by atoms with Crippen LogP contribution in [0.2, 0.25) is 0 Å². The summed E-state index contributed by atoms with van der Waals surface area (Å²) in [6.45, 7) is 1.93. The lowest BCUT2D eigenvalue weighted by Crippen LogP contribution is -1.78. The van der Waals surface area contributed by atoms with Crippen molar-refractivity contribution in [3.05, 3.63) is 42.2 Å². The third-order valence-corrected chi connectivity index (χ3v) is 2.75. The fraction of sp³-hybridized carbons (Fsp3) is 0.167. The highest BCUT2D eigenvalue weighted by atomic mass is 32.2. The average molecular weight is 236 g/mol. The standard InChI is InChI=1S/C12H12O3S/c1-9-3-8-12(14-9)10-4-6-11(7-5-10)16-15-13-2/h3-8H,1-2H3. The summed E-state index contributed by atoms with van der Waals surface area (Å²) in [6, 6.07) is 11.8. The van der Waals surface area contributed by atoms with Crippen molar-refractivity contribution in [2.24, 2.45) is 0 Å². The van der Waals surface area contributed by atoms with E-state index in [9.17, 15) is 0 Å². The van der Waals surface area contributed by atoms with Gasteiger partial charge in [-0.1, -0.05) is 12.1 Å². The monoisotopic (exact) mass is 236 g/mol. The second-order valence-electron chi connectivity index (χ2n) is 3.25. The molecule has 0 aliphatic carbocycles. The summed E-state index contributed by atoms with van der Waals surface area (Å²) in [5.74, 6) is 1.79. The zero-order valence-electron chi connectivity index (χ0n) is 9.10. The Labute approximate surface area is 98.5 Å². The van der Waals surface area contributed by atoms with Gasteiger partial charge >= 0.3 is 0 Å². The first-order chi connectivity index (χ1) is 7.79. The molecule has 0 aliphatic heterocycles. The Kier molecular flexibility index (Phi) is 3.66. The summed E-state index contributed by atoms with van der Waals surface area (Å²) in [4.78, 5) is 5.49. The van der Waals surface area contributed by atoms with Crippen LogP contribution in [-0.4, -0.2) is 7.11 Å². The number of hydrogen-bond acceptors (Lipinski definition) is 4. The molecule has 0 unspecified atom stereocenters. The molecule has 0 bridgehead atoms. The van der Waals surface area contributed by atoms with Gasteiger partial charge in [0.25, 0.3) is 0 Å². The van der Waals surface area contributed by atoms with E-state index in [4.69, 9.17) is 8.75 Å². The van der Waals surface area contributed by atoms with E-state index in [1.54, 1.807) is 0 Å². The van der Waals surface area contributed by atoms with Crippen molar-refractivity contribution in [1.82, 2.24) is 0 Å². The highest BCUT2D eigenvalue weighted by Gasteiger charge is 2.02. The number of furan rings is 1. The van der Waals surface area contributed by atoms with Crippen molar-refractivity contribution in [2.75, 3.05) is 7.11 Å². The maximum absolute atomic E-state index is 5.53. The fourth-order valence-electron chi connectivity index (χ4n) is 1.34. The highest BCUT2D eigenvalue weighted by Crippen LogP contribution is 2.25. The van der Waals surface area contributed by atoms with Crippen molar-refractivity contribution in [3.63, 3.8) is 0 Å². The number of benzene rings is 1. The molecule has 84 valence electrons. The van der Waals surface area contributed by atoms with E-state index in [2.05, 4.69) is 4.89 Å². The van der Waals surface area contributed by atoms with Crippen LogP contribution in [0.25, 0.3) is 11.3 Å². The second-order valence-corrected chi connectivity index (χ2v) is 4.03. The molecule has 0 atom stereocenters. The van der Waals surface area contributed by atoms with Crippen LogP contribution in [0.1, 0.15) is 5.76 Å². The molecule has 0 aliphatic rings. The van der Waals surface area contributed by atoms with Crippen molar-refractivity contribution in [3.8, 4) is 11.3 Å². The average Bonchev–Trinajstić information content (AvgIpc) is 2.74. The molecule has 1 aromatic heterocycles. The van der Waals surface area contributed by atoms with Gasteiger partial charge in [0.15, 0.2) is 0 Å². The molecule has 0 radical (unpaired) electrons. The van der Waals surface area contributed by atoms with Gasteiger partial charge in [-0.3, -0.25) is 0 Å². The summed E-state index contributed by atoms with van der Waals surface area (Å²) in [6.07, 6.45) is 0. The maximum atomic E-state index is 5.53. The molecule has 1 heterocycles. The lowest BCUT2D eigenvalue weighted by atomic mass is 10.2. The molecule has 0 fully saturated rings. The summed E-state index contributed by atoms with van der Waals surface area (Å²) in [5, 5.41) is 0. The number of aryl methyl sites for hydroxylation is 1. The Morgan fingerprint density at radius 1 is 1.06 bits per heavy atom. The third-order valence-electron chi connectivity index (χ3n) is 2.08. The molecule has 16 heavy (non-hydrogen) atoms. The van der Waals surface area contributed by atoms with Crippen molar-refractivity contribution in [1.29, 1.82) is 0 Å². The fourth-order valence-corrected chi connectivity index (χ4v) is 1.73. The predicted molar refractivity (Wildman–Crippen MR) is 62.8 cm³/mol. The van der Waals surface area contributed by atoms with E-state index in [1.165, 1.54) is 19.2 Å². The summed E-state index contributed by atoms with van der Waals surface area (Å²) >= 11 is 1.18. The SMILES string of the molecule is COOSc1ccc(-c2ccc(C)o2)cc1. The van der Waals surface area contributed by atoms with Crippen LogP contribution in [-0.2, 0) is 9.22 Å². The van der Waals surface area contributed by atoms with Crippen molar-refractivity contribution < 1.29 is 13.6 Å². The number of rotatable bonds is 4. The minimum absolute atomic E-state index is 0.877. The molecule has 0 saturated heterocycles. The van der Waals surface area contributed by atoms with Gasteiger partial charge in [0.1, 0.15) is 11.5 Å². The Morgan fingerprint density at radius 2 is 1.81 bits per heavy atom. The predicted octanol–water partition coefficient (Wildman–Crippen LogP) is 3.84. The lowest BCUT2D eigenvalue weighted by molar-refractivity contribution is -0.160. The quantitative estimate of drug-likeness (QED) is 0.458. The van der Waals surface area contributed by atoms with Crippen LogP contribution in [0, 0.1) is 6.92 Å². The van der Waals surface area contributed by atoms with Gasteiger partial charge in [-0.15, -0.1) is 0 Å². The minimum atomic E-state index is 0.877. The van der Waals surface area contributed by atoms with E-state index in [-0.39, 0.29) is 0 Å². The van der Waals surface area contributed by atoms with Crippen molar-refractivity contribution >= 4 is 12.0 Å². The van der Waals surface area contributed by atoms with Crippen LogP contribution in [0.15, 0.2) is 45.7 Å². The van der Waals surface area contributed by atoms with Crippen LogP contribution >= 0.6 is 12.0 Å². The Balaban J connectivity index is 2.13. The molecular weight excluding hydrogens is 224 g/mol. The molecule has 3 nitrogen and oxygen atoms in total. The van der Waals surface area contributed by atoms with Gasteiger partial charge in [-0.25, -0.2) is 4.89 Å². The van der Waals surface area contributed by atoms with Crippen molar-refractivity contribution in [2.45, 2.75) is 11.8 Å². The molecule has 4 heteroatoms. The summed E-state index contributed by atoms with van der Waals surface area (Å²) < 4.78 is 10.3. The topological polar surface area (TPSA) is 31.6 Å². The normalized spacial score (nSPS) is 10.6. The van der Waals surface area contributed by atoms with E-state index >= 15 is 0 Å². The van der Waals surface area contributed by atoms with Crippen LogP contribution in [0.5, 0.6) is 0 Å². The molecule has 0 saturated carbocycles. The number of hydrogen-bond donors (Lipinski definition) is 0. The second kappa shape index (κ2) is 5.21. The molecule has 1 aromatic carbocycles. The molecule has 0 amide bonds. The maximum Gasteiger partial charge on any atom is 0.134 e. The van der Waals surface area contributed by atoms with Crippen LogP contribution < -0.4 is 0 Å². The summed E-state index contributed by atoms with van der Waals surface area (Å²) in [7, 11) is 1.48. The first kappa shape index (κ1) is 11.3. The Bertz CT molecular complexity index is 448. The van der Waals surface area contributed by atoms with Gasteiger partial charge < -0.3 is 4.42 Å². The van der Waals surface area contributed by atoms with Gasteiger partial charge in [0.2, 0.25) is 0 Å². The van der Waals surface area contributed by atoms with Gasteiger partial charge in [-0.2, -0.15) is 4.33 Å². The Morgan fingerprint density at radius 3 is 2.38 bits per heavy atom. The summed E-state index contributed by atoms with van der Waals surface area (Å²) in [5.41, 5.74) is 1.05. The molecule has 0 spiro atoms. The zero-order chi connectivity index (χ0) is 11.4. The first-order valence-electron chi connectivity index (χ1n) is 4.84. The third kappa shape index (κ3) is 2.66. The molecular formula is C12H12O3S. The minimum Gasteiger partial charge on any atom is -0.461 e. The van der Waals surface area contributed by atoms with Gasteiger partial charge in [0.05, 0.1) is 19.2 Å². The molecule has 0 N–H and O–H groups in total. The Hall–Kier alpha value is -1.23. The molecule has 2 rings (SSSR count). The van der Waals surface area contributed by atoms with Crippen LogP contribution in [0.4, 0.5) is 0 Å². The zero-order valence-corrected chi connectivity index (χ0v) is 9.91. The van der Waals surface area contributed by atoms with E-state index < -0.39 is 0 Å². The first-order valence-corrected chi connectivity index (χ1v) is 5.58. The van der Waals surface area contributed by atoms with Gasteiger partial charge in [-0.05, 0) is 31.2 Å². The smallest absolute Gasteiger partial charge is 0.134 e. The van der Waals surface area contributed by atoms with E-state index in [0.29, 0.717) is 0 Å². The van der Waals surface area contributed by atoms with E-state index in [0.717, 1.165) is 22.0 Å². The lowest BCUT2D eigenvalue weighted by Gasteiger charge is -2.00. The highest BCUT2D eigenvalue weighted by molar-refractivity contribution is 7.94.